The predicted molar refractivity (Wildman–Crippen MR) is 104 cm³/mol. The number of ether oxygens (including phenoxy) is 1. The number of benzene rings is 2. The maximum atomic E-state index is 12.3. The Morgan fingerprint density at radius 3 is 2.07 bits per heavy atom. The third-order valence-corrected chi connectivity index (χ3v) is 4.39. The Morgan fingerprint density at radius 2 is 1.54 bits per heavy atom. The molecule has 0 aliphatic heterocycles. The highest BCUT2D eigenvalue weighted by Crippen LogP contribution is 2.36. The summed E-state index contributed by atoms with van der Waals surface area (Å²) in [7, 11) is 1.24. The quantitative estimate of drug-likeness (QED) is 0.251. The molecule has 1 heterocycles. The average Bonchev–Trinajstić information content (AvgIpc) is 3.37. The SMILES string of the molecule is COC(=O)/C(=C/C(=O)c1ccco1)NN=C1c2ccccc2-c2ccccc21. The van der Waals surface area contributed by atoms with E-state index in [1.165, 1.54) is 19.4 Å². The van der Waals surface area contributed by atoms with Crippen molar-refractivity contribution >= 4 is 17.5 Å². The summed E-state index contributed by atoms with van der Waals surface area (Å²) in [6, 6.07) is 18.9. The molecule has 0 unspecified atom stereocenters. The minimum atomic E-state index is -0.705. The van der Waals surface area contributed by atoms with E-state index in [2.05, 4.69) is 10.5 Å². The molecule has 2 aromatic carbocycles. The van der Waals surface area contributed by atoms with Gasteiger partial charge in [-0.2, -0.15) is 5.10 Å². The summed E-state index contributed by atoms with van der Waals surface area (Å²) in [5.74, 6) is -1.05. The van der Waals surface area contributed by atoms with Crippen molar-refractivity contribution in [3.63, 3.8) is 0 Å². The maximum Gasteiger partial charge on any atom is 0.356 e. The Morgan fingerprint density at radius 1 is 0.929 bits per heavy atom. The number of nitrogens with zero attached hydrogens (tertiary/aromatic N) is 1. The van der Waals surface area contributed by atoms with Gasteiger partial charge in [0, 0.05) is 17.2 Å². The zero-order valence-corrected chi connectivity index (χ0v) is 15.0. The van der Waals surface area contributed by atoms with Crippen LogP contribution in [0.3, 0.4) is 0 Å². The second-order valence-electron chi connectivity index (χ2n) is 6.05. The molecule has 28 heavy (non-hydrogen) atoms. The Kier molecular flexibility index (Phi) is 4.60. The van der Waals surface area contributed by atoms with Crippen LogP contribution in [0.2, 0.25) is 0 Å². The van der Waals surface area contributed by atoms with Gasteiger partial charge in [-0.3, -0.25) is 10.2 Å². The molecular formula is C22H16N2O4. The van der Waals surface area contributed by atoms with E-state index in [-0.39, 0.29) is 11.5 Å². The van der Waals surface area contributed by atoms with Gasteiger partial charge < -0.3 is 9.15 Å². The number of furan rings is 1. The lowest BCUT2D eigenvalue weighted by molar-refractivity contribution is -0.136. The number of rotatable bonds is 5. The molecule has 0 atom stereocenters. The molecule has 0 radical (unpaired) electrons. The van der Waals surface area contributed by atoms with Crippen molar-refractivity contribution in [1.29, 1.82) is 0 Å². The maximum absolute atomic E-state index is 12.3. The van der Waals surface area contributed by atoms with Gasteiger partial charge >= 0.3 is 5.97 Å². The fraction of sp³-hybridized carbons (Fsp3) is 0.0455. The van der Waals surface area contributed by atoms with Gasteiger partial charge in [0.2, 0.25) is 5.78 Å². The number of ketones is 1. The number of nitrogens with one attached hydrogen (secondary N) is 1. The zero-order valence-electron chi connectivity index (χ0n) is 15.0. The smallest absolute Gasteiger partial charge is 0.356 e. The fourth-order valence-corrected chi connectivity index (χ4v) is 3.10. The van der Waals surface area contributed by atoms with Crippen LogP contribution in [-0.4, -0.2) is 24.6 Å². The largest absolute Gasteiger partial charge is 0.464 e. The first-order chi connectivity index (χ1) is 13.7. The number of methoxy groups -OCH3 is 1. The molecule has 0 amide bonds. The molecule has 1 aliphatic rings. The molecule has 1 aromatic heterocycles. The van der Waals surface area contributed by atoms with E-state index >= 15 is 0 Å². The molecule has 138 valence electrons. The van der Waals surface area contributed by atoms with Crippen LogP contribution in [0.15, 0.2) is 88.2 Å². The highest BCUT2D eigenvalue weighted by atomic mass is 16.5. The molecule has 1 aliphatic carbocycles. The molecule has 0 spiro atoms. The van der Waals surface area contributed by atoms with E-state index < -0.39 is 11.8 Å². The normalized spacial score (nSPS) is 12.2. The molecule has 6 nitrogen and oxygen atoms in total. The number of allylic oxidation sites excluding steroid dienone is 1. The zero-order chi connectivity index (χ0) is 19.5. The first kappa shape index (κ1) is 17.5. The first-order valence-electron chi connectivity index (χ1n) is 8.60. The van der Waals surface area contributed by atoms with Crippen molar-refractivity contribution in [2.45, 2.75) is 0 Å². The van der Waals surface area contributed by atoms with Crippen molar-refractivity contribution in [3.8, 4) is 11.1 Å². The Hall–Kier alpha value is -3.93. The monoisotopic (exact) mass is 372 g/mol. The Labute approximate surface area is 161 Å². The standard InChI is InChI=1S/C22H16N2O4/c1-27-22(26)18(13-19(25)20-11-6-12-28-20)23-24-21-16-9-4-2-7-14(16)15-8-3-5-10-17(15)21/h2-13,23H,1H3/b18-13-. The van der Waals surface area contributed by atoms with Gasteiger partial charge in [0.05, 0.1) is 19.1 Å². The number of carbonyl (C=O) groups is 2. The minimum absolute atomic E-state index is 0.0849. The van der Waals surface area contributed by atoms with E-state index in [0.717, 1.165) is 28.3 Å². The Balaban J connectivity index is 1.71. The number of esters is 1. The number of fused-ring (bicyclic) bond motifs is 3. The van der Waals surface area contributed by atoms with Crippen molar-refractivity contribution in [2.75, 3.05) is 7.11 Å². The third kappa shape index (κ3) is 3.12. The van der Waals surface area contributed by atoms with Crippen LogP contribution < -0.4 is 5.43 Å². The third-order valence-electron chi connectivity index (χ3n) is 4.39. The van der Waals surface area contributed by atoms with E-state index in [1.807, 2.05) is 48.5 Å². The number of hydrazone groups is 1. The van der Waals surface area contributed by atoms with Crippen LogP contribution in [0.1, 0.15) is 21.7 Å². The summed E-state index contributed by atoms with van der Waals surface area (Å²) in [5.41, 5.74) is 7.31. The molecule has 0 saturated heterocycles. The molecule has 4 rings (SSSR count). The van der Waals surface area contributed by atoms with Gasteiger partial charge in [0.25, 0.3) is 0 Å². The molecule has 0 saturated carbocycles. The summed E-state index contributed by atoms with van der Waals surface area (Å²) in [6.45, 7) is 0. The average molecular weight is 372 g/mol. The molecule has 3 aromatic rings. The molecule has 0 fully saturated rings. The minimum Gasteiger partial charge on any atom is -0.464 e. The van der Waals surface area contributed by atoms with E-state index in [9.17, 15) is 9.59 Å². The molecular weight excluding hydrogens is 356 g/mol. The van der Waals surface area contributed by atoms with Crippen molar-refractivity contribution in [3.05, 3.63) is 95.6 Å². The van der Waals surface area contributed by atoms with Crippen molar-refractivity contribution in [2.24, 2.45) is 5.10 Å². The van der Waals surface area contributed by atoms with E-state index in [0.29, 0.717) is 5.71 Å². The fourth-order valence-electron chi connectivity index (χ4n) is 3.10. The highest BCUT2D eigenvalue weighted by Gasteiger charge is 2.24. The second kappa shape index (κ2) is 7.36. The summed E-state index contributed by atoms with van der Waals surface area (Å²) in [4.78, 5) is 24.4. The van der Waals surface area contributed by atoms with Crippen LogP contribution in [-0.2, 0) is 9.53 Å². The van der Waals surface area contributed by atoms with Gasteiger partial charge in [-0.25, -0.2) is 4.79 Å². The summed E-state index contributed by atoms with van der Waals surface area (Å²) in [6.07, 6.45) is 2.50. The van der Waals surface area contributed by atoms with Crippen LogP contribution >= 0.6 is 0 Å². The summed E-state index contributed by atoms with van der Waals surface area (Å²) in [5, 5.41) is 4.42. The molecule has 6 heteroatoms. The van der Waals surface area contributed by atoms with Crippen LogP contribution in [0.5, 0.6) is 0 Å². The van der Waals surface area contributed by atoms with E-state index in [1.54, 1.807) is 6.07 Å². The van der Waals surface area contributed by atoms with Crippen LogP contribution in [0.4, 0.5) is 0 Å². The molecule has 0 bridgehead atoms. The van der Waals surface area contributed by atoms with Gasteiger partial charge in [-0.05, 0) is 23.3 Å². The number of hydrogen-bond donors (Lipinski definition) is 1. The molecule has 1 N–H and O–H groups in total. The summed E-state index contributed by atoms with van der Waals surface area (Å²) >= 11 is 0. The number of carbonyl (C=O) groups excluding carboxylic acids is 2. The van der Waals surface area contributed by atoms with Crippen molar-refractivity contribution < 1.29 is 18.7 Å². The lowest BCUT2D eigenvalue weighted by atomic mass is 10.1. The van der Waals surface area contributed by atoms with Gasteiger partial charge in [0.15, 0.2) is 5.76 Å². The summed E-state index contributed by atoms with van der Waals surface area (Å²) < 4.78 is 9.83. The lowest BCUT2D eigenvalue weighted by Crippen LogP contribution is -2.20. The topological polar surface area (TPSA) is 80.9 Å². The van der Waals surface area contributed by atoms with Crippen LogP contribution in [0.25, 0.3) is 11.1 Å². The van der Waals surface area contributed by atoms with Crippen molar-refractivity contribution in [1.82, 2.24) is 5.43 Å². The van der Waals surface area contributed by atoms with Gasteiger partial charge in [0.1, 0.15) is 5.70 Å². The first-order valence-corrected chi connectivity index (χ1v) is 8.60. The van der Waals surface area contributed by atoms with E-state index in [4.69, 9.17) is 9.15 Å². The predicted octanol–water partition coefficient (Wildman–Crippen LogP) is 3.54. The second-order valence-corrected chi connectivity index (χ2v) is 6.05. The lowest BCUT2D eigenvalue weighted by Gasteiger charge is -2.07. The highest BCUT2D eigenvalue weighted by molar-refractivity contribution is 6.24. The van der Waals surface area contributed by atoms with Gasteiger partial charge in [-0.15, -0.1) is 0 Å². The van der Waals surface area contributed by atoms with Crippen LogP contribution in [0, 0.1) is 0 Å². The van der Waals surface area contributed by atoms with Gasteiger partial charge in [-0.1, -0.05) is 48.5 Å². The number of hydrogen-bond acceptors (Lipinski definition) is 6. The Bertz CT molecular complexity index is 1060.